The van der Waals surface area contributed by atoms with Gasteiger partial charge in [-0.05, 0) is 30.9 Å². The third kappa shape index (κ3) is 3.25. The summed E-state index contributed by atoms with van der Waals surface area (Å²) in [7, 11) is -1.49. The van der Waals surface area contributed by atoms with Crippen LogP contribution >= 0.6 is 0 Å². The number of aryl methyl sites for hydroxylation is 1. The van der Waals surface area contributed by atoms with Crippen molar-refractivity contribution < 1.29 is 14.8 Å². The lowest BCUT2D eigenvalue weighted by Crippen LogP contribution is -2.31. The summed E-state index contributed by atoms with van der Waals surface area (Å²) in [6.07, 6.45) is 0. The molecule has 0 spiro atoms. The van der Waals surface area contributed by atoms with Gasteiger partial charge in [0.1, 0.15) is 0 Å². The van der Waals surface area contributed by atoms with E-state index in [9.17, 15) is 4.79 Å². The summed E-state index contributed by atoms with van der Waals surface area (Å²) < 4.78 is 0. The van der Waals surface area contributed by atoms with E-state index in [0.717, 1.165) is 5.56 Å². The van der Waals surface area contributed by atoms with E-state index in [2.05, 4.69) is 10.6 Å². The molecule has 1 aromatic carbocycles. The van der Waals surface area contributed by atoms with Crippen molar-refractivity contribution in [3.05, 3.63) is 23.8 Å². The Balaban J connectivity index is 2.79. The van der Waals surface area contributed by atoms with E-state index in [1.165, 1.54) is 0 Å². The number of urea groups is 1. The van der Waals surface area contributed by atoms with Crippen molar-refractivity contribution in [2.45, 2.75) is 13.8 Å². The molecule has 0 fully saturated rings. The fourth-order valence-corrected chi connectivity index (χ4v) is 1.31. The number of carbonyl (C=O) groups excluding carboxylic acids is 1. The molecular weight excluding hydrogens is 207 g/mol. The van der Waals surface area contributed by atoms with Crippen LogP contribution in [0.15, 0.2) is 18.2 Å². The summed E-state index contributed by atoms with van der Waals surface area (Å²) in [4.78, 5) is 11.3. The summed E-state index contributed by atoms with van der Waals surface area (Å²) in [5.74, 6) is 0. The monoisotopic (exact) mass is 222 g/mol. The van der Waals surface area contributed by atoms with Gasteiger partial charge >= 0.3 is 13.1 Å². The van der Waals surface area contributed by atoms with Crippen LogP contribution in [-0.4, -0.2) is 29.7 Å². The fraction of sp³-hybridized carbons (Fsp3) is 0.300. The second-order valence-corrected chi connectivity index (χ2v) is 3.43. The number of hydrogen-bond donors (Lipinski definition) is 4. The number of carbonyl (C=O) groups is 1. The predicted octanol–water partition coefficient (Wildman–Crippen LogP) is -0.184. The molecule has 16 heavy (non-hydrogen) atoms. The highest BCUT2D eigenvalue weighted by molar-refractivity contribution is 6.58. The van der Waals surface area contributed by atoms with Crippen molar-refractivity contribution in [3.63, 3.8) is 0 Å². The lowest BCUT2D eigenvalue weighted by Gasteiger charge is -2.10. The average Bonchev–Trinajstić information content (AvgIpc) is 2.21. The van der Waals surface area contributed by atoms with Crippen LogP contribution in [-0.2, 0) is 0 Å². The number of rotatable bonds is 3. The zero-order valence-corrected chi connectivity index (χ0v) is 9.32. The summed E-state index contributed by atoms with van der Waals surface area (Å²) in [6, 6.07) is 4.54. The molecule has 0 saturated carbocycles. The quantitative estimate of drug-likeness (QED) is 0.535. The highest BCUT2D eigenvalue weighted by Crippen LogP contribution is 2.11. The Morgan fingerprint density at radius 3 is 2.62 bits per heavy atom. The molecule has 86 valence electrons. The van der Waals surface area contributed by atoms with Crippen LogP contribution in [0.3, 0.4) is 0 Å². The van der Waals surface area contributed by atoms with Crippen molar-refractivity contribution in [1.82, 2.24) is 5.32 Å². The minimum absolute atomic E-state index is 0.275. The largest absolute Gasteiger partial charge is 0.488 e. The molecule has 0 aromatic heterocycles. The molecule has 0 aliphatic carbocycles. The first kappa shape index (κ1) is 12.5. The third-order valence-electron chi connectivity index (χ3n) is 2.13. The van der Waals surface area contributed by atoms with Crippen LogP contribution in [0.4, 0.5) is 10.5 Å². The molecule has 0 aliphatic rings. The molecule has 4 N–H and O–H groups in total. The first-order valence-corrected chi connectivity index (χ1v) is 5.06. The summed E-state index contributed by atoms with van der Waals surface area (Å²) in [5, 5.41) is 23.2. The lowest BCUT2D eigenvalue weighted by atomic mass is 9.79. The van der Waals surface area contributed by atoms with E-state index in [1.54, 1.807) is 25.1 Å². The topological polar surface area (TPSA) is 81.6 Å². The van der Waals surface area contributed by atoms with Gasteiger partial charge in [0, 0.05) is 12.2 Å². The SMILES string of the molecule is CCNC(=O)Nc1ccc(B(O)O)cc1C. The maximum absolute atomic E-state index is 11.3. The van der Waals surface area contributed by atoms with Crippen LogP contribution in [0.2, 0.25) is 0 Å². The Kier molecular flexibility index (Phi) is 4.33. The minimum atomic E-state index is -1.49. The van der Waals surface area contributed by atoms with Gasteiger partial charge in [-0.3, -0.25) is 0 Å². The van der Waals surface area contributed by atoms with E-state index in [4.69, 9.17) is 10.0 Å². The van der Waals surface area contributed by atoms with Gasteiger partial charge in [0.15, 0.2) is 0 Å². The second-order valence-electron chi connectivity index (χ2n) is 3.43. The van der Waals surface area contributed by atoms with E-state index in [0.29, 0.717) is 17.7 Å². The Morgan fingerprint density at radius 2 is 2.12 bits per heavy atom. The summed E-state index contributed by atoms with van der Waals surface area (Å²) in [5.41, 5.74) is 1.83. The molecule has 0 atom stereocenters. The van der Waals surface area contributed by atoms with E-state index < -0.39 is 7.12 Å². The Labute approximate surface area is 94.6 Å². The van der Waals surface area contributed by atoms with Gasteiger partial charge in [-0.2, -0.15) is 0 Å². The normalized spacial score (nSPS) is 9.75. The predicted molar refractivity (Wildman–Crippen MR) is 63.7 cm³/mol. The van der Waals surface area contributed by atoms with Crippen molar-refractivity contribution in [2.75, 3.05) is 11.9 Å². The van der Waals surface area contributed by atoms with E-state index in [-0.39, 0.29) is 6.03 Å². The van der Waals surface area contributed by atoms with Crippen molar-refractivity contribution in [2.24, 2.45) is 0 Å². The van der Waals surface area contributed by atoms with Gasteiger partial charge in [0.25, 0.3) is 0 Å². The van der Waals surface area contributed by atoms with Crippen LogP contribution in [0.1, 0.15) is 12.5 Å². The Hall–Kier alpha value is -1.53. The number of amides is 2. The summed E-state index contributed by atoms with van der Waals surface area (Å²) in [6.45, 7) is 4.17. The first-order chi connectivity index (χ1) is 7.54. The van der Waals surface area contributed by atoms with Gasteiger partial charge in [-0.1, -0.05) is 12.1 Å². The lowest BCUT2D eigenvalue weighted by molar-refractivity contribution is 0.252. The first-order valence-electron chi connectivity index (χ1n) is 5.06. The standard InChI is InChI=1S/C10H15BN2O3/c1-3-12-10(14)13-9-5-4-8(11(15)16)6-7(9)2/h4-6,15-16H,3H2,1-2H3,(H2,12,13,14). The van der Waals surface area contributed by atoms with Gasteiger partial charge in [0.05, 0.1) is 0 Å². The van der Waals surface area contributed by atoms with Crippen molar-refractivity contribution >= 4 is 24.3 Å². The van der Waals surface area contributed by atoms with Gasteiger partial charge in [0.2, 0.25) is 0 Å². The van der Waals surface area contributed by atoms with E-state index in [1.807, 2.05) is 6.92 Å². The third-order valence-corrected chi connectivity index (χ3v) is 2.13. The second kappa shape index (κ2) is 5.53. The molecule has 0 aliphatic heterocycles. The molecule has 0 heterocycles. The van der Waals surface area contributed by atoms with Crippen LogP contribution in [0.25, 0.3) is 0 Å². The molecule has 0 bridgehead atoms. The number of nitrogens with one attached hydrogen (secondary N) is 2. The zero-order valence-electron chi connectivity index (χ0n) is 9.32. The number of hydrogen-bond acceptors (Lipinski definition) is 3. The van der Waals surface area contributed by atoms with Gasteiger partial charge in [-0.15, -0.1) is 0 Å². The molecule has 0 radical (unpaired) electrons. The van der Waals surface area contributed by atoms with Gasteiger partial charge < -0.3 is 20.7 Å². The van der Waals surface area contributed by atoms with Crippen LogP contribution in [0, 0.1) is 6.92 Å². The van der Waals surface area contributed by atoms with Gasteiger partial charge in [-0.25, -0.2) is 4.79 Å². The Bertz CT molecular complexity index is 382. The number of benzene rings is 1. The highest BCUT2D eigenvalue weighted by Gasteiger charge is 2.12. The van der Waals surface area contributed by atoms with Crippen molar-refractivity contribution in [1.29, 1.82) is 0 Å². The van der Waals surface area contributed by atoms with Crippen LogP contribution < -0.4 is 16.1 Å². The minimum Gasteiger partial charge on any atom is -0.423 e. The highest BCUT2D eigenvalue weighted by atomic mass is 16.4. The maximum atomic E-state index is 11.3. The maximum Gasteiger partial charge on any atom is 0.488 e. The smallest absolute Gasteiger partial charge is 0.423 e. The molecule has 1 aromatic rings. The van der Waals surface area contributed by atoms with Crippen LogP contribution in [0.5, 0.6) is 0 Å². The fourth-order valence-electron chi connectivity index (χ4n) is 1.31. The molecule has 1 rings (SSSR count). The molecule has 2 amide bonds. The summed E-state index contributed by atoms with van der Waals surface area (Å²) >= 11 is 0. The number of anilines is 1. The van der Waals surface area contributed by atoms with E-state index >= 15 is 0 Å². The molecule has 6 heteroatoms. The van der Waals surface area contributed by atoms with Crippen molar-refractivity contribution in [3.8, 4) is 0 Å². The Morgan fingerprint density at radius 1 is 1.44 bits per heavy atom. The molecule has 5 nitrogen and oxygen atoms in total. The average molecular weight is 222 g/mol. The molecule has 0 saturated heterocycles. The molecular formula is C10H15BN2O3. The zero-order chi connectivity index (χ0) is 12.1. The molecule has 0 unspecified atom stereocenters.